The summed E-state index contributed by atoms with van der Waals surface area (Å²) in [6.07, 6.45) is 8.99. The van der Waals surface area contributed by atoms with Crippen molar-refractivity contribution < 1.29 is 5.11 Å². The Hall–Kier alpha value is -0.120. The van der Waals surface area contributed by atoms with Gasteiger partial charge in [0, 0.05) is 38.3 Å². The van der Waals surface area contributed by atoms with Crippen molar-refractivity contribution >= 4 is 0 Å². The van der Waals surface area contributed by atoms with Crippen LogP contribution in [-0.2, 0) is 0 Å². The first-order valence-electron chi connectivity index (χ1n) is 7.51. The molecule has 2 saturated carbocycles. The SMILES string of the molecule is OC1CCCCC1N1CCN(C2CCC2)CC1. The van der Waals surface area contributed by atoms with E-state index < -0.39 is 0 Å². The summed E-state index contributed by atoms with van der Waals surface area (Å²) in [5, 5.41) is 10.1. The van der Waals surface area contributed by atoms with E-state index >= 15 is 0 Å². The van der Waals surface area contributed by atoms with E-state index in [0.29, 0.717) is 6.04 Å². The van der Waals surface area contributed by atoms with Gasteiger partial charge in [0.25, 0.3) is 0 Å². The van der Waals surface area contributed by atoms with Crippen LogP contribution in [0, 0.1) is 0 Å². The Bertz CT molecular complexity index is 247. The van der Waals surface area contributed by atoms with E-state index in [1.807, 2.05) is 0 Å². The molecule has 1 saturated heterocycles. The monoisotopic (exact) mass is 238 g/mol. The Kier molecular flexibility index (Phi) is 3.69. The molecule has 1 heterocycles. The highest BCUT2D eigenvalue weighted by Gasteiger charge is 2.33. The molecule has 0 bridgehead atoms. The van der Waals surface area contributed by atoms with E-state index in [-0.39, 0.29) is 6.10 Å². The van der Waals surface area contributed by atoms with Crippen LogP contribution in [0.1, 0.15) is 44.9 Å². The van der Waals surface area contributed by atoms with Gasteiger partial charge >= 0.3 is 0 Å². The summed E-state index contributed by atoms with van der Waals surface area (Å²) >= 11 is 0. The quantitative estimate of drug-likeness (QED) is 0.789. The Labute approximate surface area is 105 Å². The third-order valence-electron chi connectivity index (χ3n) is 5.10. The van der Waals surface area contributed by atoms with E-state index in [4.69, 9.17) is 0 Å². The molecule has 0 aromatic heterocycles. The largest absolute Gasteiger partial charge is 0.391 e. The average Bonchev–Trinajstić information content (AvgIpc) is 2.29. The van der Waals surface area contributed by atoms with Gasteiger partial charge in [0.1, 0.15) is 0 Å². The molecule has 2 aliphatic carbocycles. The van der Waals surface area contributed by atoms with Gasteiger partial charge in [-0.15, -0.1) is 0 Å². The maximum absolute atomic E-state index is 10.1. The lowest BCUT2D eigenvalue weighted by Gasteiger charge is -2.46. The van der Waals surface area contributed by atoms with Gasteiger partial charge in [0.05, 0.1) is 6.10 Å². The van der Waals surface area contributed by atoms with Crippen LogP contribution in [0.15, 0.2) is 0 Å². The van der Waals surface area contributed by atoms with E-state index in [1.54, 1.807) is 0 Å². The zero-order valence-electron chi connectivity index (χ0n) is 10.9. The van der Waals surface area contributed by atoms with Gasteiger partial charge in [-0.1, -0.05) is 19.3 Å². The summed E-state index contributed by atoms with van der Waals surface area (Å²) in [7, 11) is 0. The van der Waals surface area contributed by atoms with Crippen LogP contribution in [0.3, 0.4) is 0 Å². The fourth-order valence-electron chi connectivity index (χ4n) is 3.70. The summed E-state index contributed by atoms with van der Waals surface area (Å²) in [4.78, 5) is 5.23. The molecule has 3 aliphatic rings. The maximum atomic E-state index is 10.1. The van der Waals surface area contributed by atoms with Gasteiger partial charge in [-0.3, -0.25) is 9.80 Å². The highest BCUT2D eigenvalue weighted by Crippen LogP contribution is 2.28. The fourth-order valence-corrected chi connectivity index (χ4v) is 3.70. The number of piperazine rings is 1. The number of aliphatic hydroxyl groups is 1. The van der Waals surface area contributed by atoms with Crippen LogP contribution in [-0.4, -0.2) is 59.3 Å². The second-order valence-corrected chi connectivity index (χ2v) is 6.08. The van der Waals surface area contributed by atoms with Gasteiger partial charge in [0.2, 0.25) is 0 Å². The first-order valence-corrected chi connectivity index (χ1v) is 7.51. The molecule has 3 nitrogen and oxygen atoms in total. The minimum atomic E-state index is -0.0565. The lowest BCUT2D eigenvalue weighted by atomic mass is 9.89. The summed E-state index contributed by atoms with van der Waals surface area (Å²) < 4.78 is 0. The van der Waals surface area contributed by atoms with Crippen molar-refractivity contribution in [3.05, 3.63) is 0 Å². The van der Waals surface area contributed by atoms with Crippen LogP contribution in [0.2, 0.25) is 0 Å². The number of nitrogens with zero attached hydrogens (tertiary/aromatic N) is 2. The Morgan fingerprint density at radius 2 is 1.35 bits per heavy atom. The van der Waals surface area contributed by atoms with Crippen molar-refractivity contribution in [1.82, 2.24) is 9.80 Å². The lowest BCUT2D eigenvalue weighted by molar-refractivity contribution is -0.0179. The molecular weight excluding hydrogens is 212 g/mol. The molecule has 2 unspecified atom stereocenters. The molecule has 1 N–H and O–H groups in total. The molecule has 0 amide bonds. The first kappa shape index (κ1) is 11.9. The van der Waals surface area contributed by atoms with Gasteiger partial charge in [0.15, 0.2) is 0 Å². The topological polar surface area (TPSA) is 26.7 Å². The molecule has 0 radical (unpaired) electrons. The summed E-state index contributed by atoms with van der Waals surface area (Å²) in [6.45, 7) is 4.82. The van der Waals surface area contributed by atoms with Gasteiger partial charge in [-0.2, -0.15) is 0 Å². The highest BCUT2D eigenvalue weighted by molar-refractivity contribution is 4.89. The predicted octanol–water partition coefficient (Wildman–Crippen LogP) is 1.46. The summed E-state index contributed by atoms with van der Waals surface area (Å²) in [5.41, 5.74) is 0. The molecular formula is C14H26N2O. The fraction of sp³-hybridized carbons (Fsp3) is 1.00. The summed E-state index contributed by atoms with van der Waals surface area (Å²) in [5.74, 6) is 0. The molecule has 2 atom stereocenters. The predicted molar refractivity (Wildman–Crippen MR) is 69.0 cm³/mol. The third kappa shape index (κ3) is 2.51. The molecule has 17 heavy (non-hydrogen) atoms. The van der Waals surface area contributed by atoms with Gasteiger partial charge < -0.3 is 5.11 Å². The van der Waals surface area contributed by atoms with Crippen LogP contribution >= 0.6 is 0 Å². The Morgan fingerprint density at radius 1 is 0.706 bits per heavy atom. The number of hydrogen-bond donors (Lipinski definition) is 1. The van der Waals surface area contributed by atoms with E-state index in [1.165, 1.54) is 64.7 Å². The highest BCUT2D eigenvalue weighted by atomic mass is 16.3. The second-order valence-electron chi connectivity index (χ2n) is 6.08. The molecule has 3 rings (SSSR count). The molecule has 0 aromatic carbocycles. The minimum absolute atomic E-state index is 0.0565. The maximum Gasteiger partial charge on any atom is 0.0695 e. The first-order chi connectivity index (χ1) is 8.34. The van der Waals surface area contributed by atoms with E-state index in [9.17, 15) is 5.11 Å². The van der Waals surface area contributed by atoms with Crippen LogP contribution in [0.25, 0.3) is 0 Å². The molecule has 3 heteroatoms. The van der Waals surface area contributed by atoms with Crippen LogP contribution in [0.5, 0.6) is 0 Å². The van der Waals surface area contributed by atoms with Gasteiger partial charge in [-0.05, 0) is 25.7 Å². The zero-order chi connectivity index (χ0) is 11.7. The third-order valence-corrected chi connectivity index (χ3v) is 5.10. The smallest absolute Gasteiger partial charge is 0.0695 e. The molecule has 98 valence electrons. The summed E-state index contributed by atoms with van der Waals surface area (Å²) in [6, 6.07) is 1.36. The zero-order valence-corrected chi connectivity index (χ0v) is 10.9. The van der Waals surface area contributed by atoms with Crippen molar-refractivity contribution in [3.63, 3.8) is 0 Å². The Balaban J connectivity index is 1.49. The van der Waals surface area contributed by atoms with Crippen molar-refractivity contribution in [2.45, 2.75) is 63.1 Å². The number of hydrogen-bond acceptors (Lipinski definition) is 3. The van der Waals surface area contributed by atoms with Crippen LogP contribution in [0.4, 0.5) is 0 Å². The van der Waals surface area contributed by atoms with Gasteiger partial charge in [-0.25, -0.2) is 0 Å². The molecule has 0 aromatic rings. The lowest BCUT2D eigenvalue weighted by Crippen LogP contribution is -2.57. The number of rotatable bonds is 2. The van der Waals surface area contributed by atoms with Crippen molar-refractivity contribution in [2.24, 2.45) is 0 Å². The molecule has 3 fully saturated rings. The second kappa shape index (κ2) is 5.25. The standard InChI is InChI=1S/C14H26N2O/c17-14-7-2-1-6-13(14)16-10-8-15(9-11-16)12-4-3-5-12/h12-14,17H,1-11H2. The van der Waals surface area contributed by atoms with Crippen molar-refractivity contribution in [1.29, 1.82) is 0 Å². The molecule has 1 aliphatic heterocycles. The van der Waals surface area contributed by atoms with E-state index in [2.05, 4.69) is 9.80 Å². The minimum Gasteiger partial charge on any atom is -0.391 e. The Morgan fingerprint density at radius 3 is 1.94 bits per heavy atom. The normalized spacial score (nSPS) is 37.9. The number of aliphatic hydroxyl groups excluding tert-OH is 1. The average molecular weight is 238 g/mol. The van der Waals surface area contributed by atoms with E-state index in [0.717, 1.165) is 12.5 Å². The molecule has 0 spiro atoms. The van der Waals surface area contributed by atoms with Crippen molar-refractivity contribution in [3.8, 4) is 0 Å². The van der Waals surface area contributed by atoms with Crippen LogP contribution < -0.4 is 0 Å². The van der Waals surface area contributed by atoms with Crippen molar-refractivity contribution in [2.75, 3.05) is 26.2 Å².